The van der Waals surface area contributed by atoms with Crippen LogP contribution < -0.4 is 20.4 Å². The summed E-state index contributed by atoms with van der Waals surface area (Å²) in [6.07, 6.45) is 1.42. The molecule has 8 nitrogen and oxygen atoms in total. The number of fused-ring (bicyclic) bond motifs is 3. The van der Waals surface area contributed by atoms with Crippen molar-refractivity contribution in [1.29, 1.82) is 0 Å². The Morgan fingerprint density at radius 2 is 1.97 bits per heavy atom. The van der Waals surface area contributed by atoms with Gasteiger partial charge in [0.25, 0.3) is 0 Å². The van der Waals surface area contributed by atoms with Crippen molar-refractivity contribution in [2.75, 3.05) is 19.5 Å². The Bertz CT molecular complexity index is 1290. The van der Waals surface area contributed by atoms with E-state index in [9.17, 15) is 9.59 Å². The van der Waals surface area contributed by atoms with Crippen molar-refractivity contribution >= 4 is 33.5 Å². The van der Waals surface area contributed by atoms with Gasteiger partial charge in [0, 0.05) is 11.5 Å². The first-order chi connectivity index (χ1) is 14.0. The van der Waals surface area contributed by atoms with Crippen LogP contribution in [0, 0.1) is 6.92 Å². The molecule has 4 rings (SSSR count). The molecule has 0 atom stereocenters. The van der Waals surface area contributed by atoms with Gasteiger partial charge in [0.05, 0.1) is 31.6 Å². The molecule has 0 unspecified atom stereocenters. The molecule has 1 amide bonds. The minimum atomic E-state index is -0.486. The topological polar surface area (TPSA) is 95.6 Å². The van der Waals surface area contributed by atoms with Gasteiger partial charge < -0.3 is 19.2 Å². The van der Waals surface area contributed by atoms with Crippen molar-refractivity contribution in [3.05, 3.63) is 58.6 Å². The molecule has 2 heterocycles. The zero-order chi connectivity index (χ0) is 20.5. The summed E-state index contributed by atoms with van der Waals surface area (Å²) < 4.78 is 17.3. The third kappa shape index (κ3) is 3.40. The number of nitrogens with one attached hydrogen (secondary N) is 1. The standard InChI is InChI=1S/C21H19N3O5/c1-12-4-7-17-14(8-12)20-15(21(26)29-17)10-22-24(20)11-19(25)23-16-6-5-13(27-2)9-18(16)28-3/h4-10H,11H2,1-3H3,(H,23,25). The van der Waals surface area contributed by atoms with Crippen LogP contribution in [0.1, 0.15) is 5.56 Å². The Morgan fingerprint density at radius 3 is 2.72 bits per heavy atom. The van der Waals surface area contributed by atoms with Crippen LogP contribution >= 0.6 is 0 Å². The number of amides is 1. The van der Waals surface area contributed by atoms with Crippen molar-refractivity contribution in [3.8, 4) is 11.5 Å². The molecule has 1 N–H and O–H groups in total. The van der Waals surface area contributed by atoms with E-state index >= 15 is 0 Å². The summed E-state index contributed by atoms with van der Waals surface area (Å²) >= 11 is 0. The maximum atomic E-state index is 12.7. The normalized spacial score (nSPS) is 11.0. The Labute approximate surface area is 165 Å². The van der Waals surface area contributed by atoms with Gasteiger partial charge in [-0.15, -0.1) is 0 Å². The molecular formula is C21H19N3O5. The van der Waals surface area contributed by atoms with E-state index in [2.05, 4.69) is 10.4 Å². The van der Waals surface area contributed by atoms with Crippen LogP contribution in [-0.4, -0.2) is 29.9 Å². The predicted octanol–water partition coefficient (Wildman–Crippen LogP) is 3.11. The van der Waals surface area contributed by atoms with Crippen LogP contribution in [0.25, 0.3) is 21.9 Å². The molecule has 2 aromatic carbocycles. The fourth-order valence-electron chi connectivity index (χ4n) is 3.24. The van der Waals surface area contributed by atoms with Gasteiger partial charge in [-0.1, -0.05) is 11.6 Å². The molecule has 0 saturated heterocycles. The van der Waals surface area contributed by atoms with E-state index in [0.717, 1.165) is 10.9 Å². The number of rotatable bonds is 5. The second-order valence-electron chi connectivity index (χ2n) is 6.57. The van der Waals surface area contributed by atoms with Crippen molar-refractivity contribution < 1.29 is 18.7 Å². The average Bonchev–Trinajstić information content (AvgIpc) is 3.13. The van der Waals surface area contributed by atoms with Gasteiger partial charge in [0.15, 0.2) is 0 Å². The second-order valence-corrected chi connectivity index (χ2v) is 6.57. The van der Waals surface area contributed by atoms with Gasteiger partial charge in [-0.3, -0.25) is 9.48 Å². The maximum Gasteiger partial charge on any atom is 0.347 e. The number of aryl methyl sites for hydroxylation is 1. The summed E-state index contributed by atoms with van der Waals surface area (Å²) in [5.41, 5.74) is 2.05. The first kappa shape index (κ1) is 18.5. The quantitative estimate of drug-likeness (QED) is 0.524. The van der Waals surface area contributed by atoms with Gasteiger partial charge >= 0.3 is 5.63 Å². The number of ether oxygens (including phenoxy) is 2. The van der Waals surface area contributed by atoms with Gasteiger partial charge in [-0.05, 0) is 31.2 Å². The minimum Gasteiger partial charge on any atom is -0.497 e. The fraction of sp³-hybridized carbons (Fsp3) is 0.190. The molecule has 8 heteroatoms. The molecule has 148 valence electrons. The molecule has 0 aliphatic rings. The number of hydrogen-bond acceptors (Lipinski definition) is 6. The number of methoxy groups -OCH3 is 2. The van der Waals surface area contributed by atoms with E-state index in [1.165, 1.54) is 18.0 Å². The smallest absolute Gasteiger partial charge is 0.347 e. The number of hydrogen-bond donors (Lipinski definition) is 1. The summed E-state index contributed by atoms with van der Waals surface area (Å²) in [6, 6.07) is 10.6. The molecular weight excluding hydrogens is 374 g/mol. The lowest BCUT2D eigenvalue weighted by Crippen LogP contribution is -2.20. The highest BCUT2D eigenvalue weighted by molar-refractivity contribution is 6.03. The number of carbonyl (C=O) groups excluding carboxylic acids is 1. The first-order valence-corrected chi connectivity index (χ1v) is 8.91. The molecule has 2 aromatic heterocycles. The molecule has 0 aliphatic heterocycles. The summed E-state index contributed by atoms with van der Waals surface area (Å²) in [7, 11) is 3.07. The van der Waals surface area contributed by atoms with E-state index in [1.54, 1.807) is 31.4 Å². The van der Waals surface area contributed by atoms with Gasteiger partial charge in [0.1, 0.15) is 29.0 Å². The van der Waals surface area contributed by atoms with Crippen LogP contribution in [0.3, 0.4) is 0 Å². The van der Waals surface area contributed by atoms with E-state index in [1.807, 2.05) is 19.1 Å². The molecule has 0 radical (unpaired) electrons. The van der Waals surface area contributed by atoms with Gasteiger partial charge in [0.2, 0.25) is 5.91 Å². The van der Waals surface area contributed by atoms with Crippen molar-refractivity contribution in [2.24, 2.45) is 0 Å². The maximum absolute atomic E-state index is 12.7. The first-order valence-electron chi connectivity index (χ1n) is 8.91. The molecule has 29 heavy (non-hydrogen) atoms. The van der Waals surface area contributed by atoms with Crippen LogP contribution in [-0.2, 0) is 11.3 Å². The molecule has 4 aromatic rings. The van der Waals surface area contributed by atoms with Crippen LogP contribution in [0.2, 0.25) is 0 Å². The summed E-state index contributed by atoms with van der Waals surface area (Å²) in [5, 5.41) is 8.10. The monoisotopic (exact) mass is 393 g/mol. The highest BCUT2D eigenvalue weighted by Crippen LogP contribution is 2.29. The van der Waals surface area contributed by atoms with Gasteiger partial charge in [-0.25, -0.2) is 4.79 Å². The van der Waals surface area contributed by atoms with E-state index in [4.69, 9.17) is 13.9 Å². The lowest BCUT2D eigenvalue weighted by atomic mass is 10.1. The molecule has 0 aliphatic carbocycles. The molecule has 0 fully saturated rings. The highest BCUT2D eigenvalue weighted by Gasteiger charge is 2.16. The summed E-state index contributed by atoms with van der Waals surface area (Å²) in [6.45, 7) is 1.87. The zero-order valence-corrected chi connectivity index (χ0v) is 16.2. The van der Waals surface area contributed by atoms with Gasteiger partial charge in [-0.2, -0.15) is 5.10 Å². The largest absolute Gasteiger partial charge is 0.497 e. The van der Waals surface area contributed by atoms with Crippen molar-refractivity contribution in [1.82, 2.24) is 9.78 Å². The Hall–Kier alpha value is -3.81. The Balaban J connectivity index is 1.70. The van der Waals surface area contributed by atoms with Crippen molar-refractivity contribution in [2.45, 2.75) is 13.5 Å². The molecule has 0 bridgehead atoms. The number of nitrogens with zero attached hydrogens (tertiary/aromatic N) is 2. The number of aromatic nitrogens is 2. The second kappa shape index (κ2) is 7.31. The third-order valence-electron chi connectivity index (χ3n) is 4.63. The third-order valence-corrected chi connectivity index (χ3v) is 4.63. The SMILES string of the molecule is COc1ccc(NC(=O)Cn2ncc3c(=O)oc4ccc(C)cc4c32)c(OC)c1. The summed E-state index contributed by atoms with van der Waals surface area (Å²) in [4.78, 5) is 24.9. The summed E-state index contributed by atoms with van der Waals surface area (Å²) in [5.74, 6) is 0.781. The van der Waals surface area contributed by atoms with Crippen molar-refractivity contribution in [3.63, 3.8) is 0 Å². The number of anilines is 1. The van der Waals surface area contributed by atoms with Crippen LogP contribution in [0.15, 0.2) is 51.8 Å². The minimum absolute atomic E-state index is 0.0782. The lowest BCUT2D eigenvalue weighted by molar-refractivity contribution is -0.116. The molecule has 0 spiro atoms. The van der Waals surface area contributed by atoms with Crippen LogP contribution in [0.5, 0.6) is 11.5 Å². The highest BCUT2D eigenvalue weighted by atomic mass is 16.5. The predicted molar refractivity (Wildman–Crippen MR) is 109 cm³/mol. The fourth-order valence-corrected chi connectivity index (χ4v) is 3.24. The Kier molecular flexibility index (Phi) is 4.67. The number of benzene rings is 2. The molecule has 0 saturated carbocycles. The van der Waals surface area contributed by atoms with E-state index in [-0.39, 0.29) is 12.5 Å². The number of carbonyl (C=O) groups is 1. The van der Waals surface area contributed by atoms with Crippen LogP contribution in [0.4, 0.5) is 5.69 Å². The zero-order valence-electron chi connectivity index (χ0n) is 16.2. The van der Waals surface area contributed by atoms with E-state index < -0.39 is 5.63 Å². The van der Waals surface area contributed by atoms with E-state index in [0.29, 0.717) is 33.7 Å². The lowest BCUT2D eigenvalue weighted by Gasteiger charge is -2.12. The Morgan fingerprint density at radius 1 is 1.14 bits per heavy atom. The average molecular weight is 393 g/mol.